The maximum Gasteiger partial charge on any atom is 0.319 e. The Labute approximate surface area is 229 Å². The molecule has 1 aliphatic rings. The first-order valence-electron chi connectivity index (χ1n) is 13.2. The van der Waals surface area contributed by atoms with Gasteiger partial charge in [0, 0.05) is 10.9 Å². The van der Waals surface area contributed by atoms with Crippen molar-refractivity contribution in [1.29, 1.82) is 0 Å². The van der Waals surface area contributed by atoms with E-state index in [0.29, 0.717) is 11.8 Å². The Morgan fingerprint density at radius 3 is 2.75 bits per heavy atom. The first-order valence-corrected chi connectivity index (χ1v) is 13.2. The van der Waals surface area contributed by atoms with E-state index in [9.17, 15) is 13.9 Å². The van der Waals surface area contributed by atoms with Crippen LogP contribution in [0.2, 0.25) is 0 Å². The van der Waals surface area contributed by atoms with Gasteiger partial charge in [0.05, 0.1) is 24.4 Å². The summed E-state index contributed by atoms with van der Waals surface area (Å²) in [6, 6.07) is 5.02. The van der Waals surface area contributed by atoms with Crippen LogP contribution in [-0.2, 0) is 0 Å². The molecule has 4 aromatic rings. The van der Waals surface area contributed by atoms with Crippen LogP contribution in [-0.4, -0.2) is 45.5 Å². The molecule has 2 aromatic carbocycles. The van der Waals surface area contributed by atoms with Crippen LogP contribution in [0.1, 0.15) is 45.6 Å². The Balaban J connectivity index is 1.71. The highest BCUT2D eigenvalue weighted by Crippen LogP contribution is 2.42. The van der Waals surface area contributed by atoms with Crippen molar-refractivity contribution in [3.8, 4) is 41.2 Å². The largest absolute Gasteiger partial charge is 0.508 e. The molecule has 208 valence electrons. The zero-order valence-corrected chi connectivity index (χ0v) is 22.4. The number of aromatic hydroxyl groups is 1. The van der Waals surface area contributed by atoms with Crippen molar-refractivity contribution < 1.29 is 27.8 Å². The summed E-state index contributed by atoms with van der Waals surface area (Å²) in [6.45, 7) is 5.73. The van der Waals surface area contributed by atoms with Crippen molar-refractivity contribution in [1.82, 2.24) is 15.0 Å². The summed E-state index contributed by atoms with van der Waals surface area (Å²) < 4.78 is 56.6. The smallest absolute Gasteiger partial charge is 0.319 e. The van der Waals surface area contributed by atoms with E-state index in [1.165, 1.54) is 31.2 Å². The highest BCUT2D eigenvalue weighted by molar-refractivity contribution is 6.04. The number of phenols is 1. The maximum absolute atomic E-state index is 16.4. The Kier molecular flexibility index (Phi) is 7.57. The van der Waals surface area contributed by atoms with Crippen LogP contribution in [0.15, 0.2) is 24.3 Å². The van der Waals surface area contributed by atoms with Crippen molar-refractivity contribution >= 4 is 27.5 Å². The van der Waals surface area contributed by atoms with Gasteiger partial charge in [-0.05, 0) is 56.2 Å². The summed E-state index contributed by atoms with van der Waals surface area (Å²) >= 11 is 0. The first-order chi connectivity index (χ1) is 19.2. The Morgan fingerprint density at radius 2 is 2.02 bits per heavy atom. The molecule has 7 nitrogen and oxygen atoms in total. The Hall–Kier alpha value is -4.26. The molecule has 0 saturated heterocycles. The number of nitrogens with one attached hydrogen (secondary N) is 1. The van der Waals surface area contributed by atoms with Gasteiger partial charge < -0.3 is 19.9 Å². The van der Waals surface area contributed by atoms with Crippen LogP contribution in [0.3, 0.4) is 0 Å². The van der Waals surface area contributed by atoms with Crippen molar-refractivity contribution in [2.75, 3.05) is 18.5 Å². The van der Waals surface area contributed by atoms with Gasteiger partial charge in [-0.15, -0.1) is 6.42 Å². The highest BCUT2D eigenvalue weighted by atomic mass is 19.1. The highest BCUT2D eigenvalue weighted by Gasteiger charge is 2.28. The van der Waals surface area contributed by atoms with Crippen molar-refractivity contribution in [3.63, 3.8) is 0 Å². The minimum Gasteiger partial charge on any atom is -0.508 e. The molecule has 2 N–H and O–H groups in total. The molecule has 5 rings (SSSR count). The third-order valence-electron chi connectivity index (χ3n) is 6.84. The van der Waals surface area contributed by atoms with Crippen molar-refractivity contribution in [3.05, 3.63) is 41.5 Å². The van der Waals surface area contributed by atoms with Gasteiger partial charge in [-0.3, -0.25) is 0 Å². The number of nitrogens with zero attached hydrogens (tertiary/aromatic N) is 3. The van der Waals surface area contributed by atoms with E-state index in [1.807, 2.05) is 13.8 Å². The fourth-order valence-electron chi connectivity index (χ4n) is 5.13. The van der Waals surface area contributed by atoms with Crippen LogP contribution in [0.4, 0.5) is 19.0 Å². The van der Waals surface area contributed by atoms with E-state index in [-0.39, 0.29) is 81.7 Å². The zero-order valence-electron chi connectivity index (χ0n) is 22.4. The summed E-state index contributed by atoms with van der Waals surface area (Å²) in [5, 5.41) is 14.5. The van der Waals surface area contributed by atoms with Gasteiger partial charge >= 0.3 is 6.01 Å². The van der Waals surface area contributed by atoms with Gasteiger partial charge in [0.1, 0.15) is 40.6 Å². The SMILES string of the molecule is C#Cc1c(F)ccc2cc(O)cc(-c3nc4c5c(nc(OCC(CCC)C[C@H](C)F)nc5c3F)N[C@@H](C)CO4)c12. The standard InChI is InChI=1S/C30H29F3N4O3/c1-5-7-17(10-15(3)31)14-40-30-36-27-24-28(37-30)34-16(4)13-39-29(24)35-26(25(27)33)21-12-19(38)11-18-8-9-22(32)20(6-2)23(18)21/h2,8-9,11-12,15-17,38H,5,7,10,13-14H2,1,3-4H3,(H,34,36,37)/t15-,16-,17?/m0/s1. The summed E-state index contributed by atoms with van der Waals surface area (Å²) in [6.07, 6.45) is 6.55. The number of anilines is 1. The van der Waals surface area contributed by atoms with Gasteiger partial charge in [0.2, 0.25) is 5.88 Å². The number of halogens is 3. The van der Waals surface area contributed by atoms with Gasteiger partial charge in [-0.2, -0.15) is 9.97 Å². The molecule has 0 amide bonds. The molecule has 2 aromatic heterocycles. The van der Waals surface area contributed by atoms with E-state index in [4.69, 9.17) is 15.9 Å². The molecular formula is C30H29F3N4O3. The number of benzene rings is 2. The third-order valence-corrected chi connectivity index (χ3v) is 6.84. The number of rotatable bonds is 8. The van der Waals surface area contributed by atoms with Crippen LogP contribution >= 0.6 is 0 Å². The lowest BCUT2D eigenvalue weighted by Crippen LogP contribution is -2.22. The van der Waals surface area contributed by atoms with E-state index in [2.05, 4.69) is 26.2 Å². The second-order valence-electron chi connectivity index (χ2n) is 10.2. The zero-order chi connectivity index (χ0) is 28.6. The number of hydrogen-bond acceptors (Lipinski definition) is 7. The molecule has 0 saturated carbocycles. The molecule has 10 heteroatoms. The minimum atomic E-state index is -0.995. The average molecular weight is 551 g/mol. The Morgan fingerprint density at radius 1 is 1.23 bits per heavy atom. The summed E-state index contributed by atoms with van der Waals surface area (Å²) in [5.41, 5.74) is -0.379. The molecule has 0 bridgehead atoms. The van der Waals surface area contributed by atoms with Gasteiger partial charge in [0.25, 0.3) is 0 Å². The molecule has 0 spiro atoms. The molecule has 0 aliphatic carbocycles. The molecule has 3 heterocycles. The lowest BCUT2D eigenvalue weighted by Gasteiger charge is -2.18. The topological polar surface area (TPSA) is 89.4 Å². The number of ether oxygens (including phenoxy) is 2. The van der Waals surface area contributed by atoms with Crippen LogP contribution in [0.5, 0.6) is 17.6 Å². The van der Waals surface area contributed by atoms with Crippen molar-refractivity contribution in [2.45, 2.75) is 52.2 Å². The second kappa shape index (κ2) is 11.1. The number of fused-ring (bicyclic) bond motifs is 1. The number of phenolic OH excluding ortho intramolecular Hbond substituents is 1. The van der Waals surface area contributed by atoms with Crippen LogP contribution in [0, 0.1) is 29.9 Å². The van der Waals surface area contributed by atoms with Crippen molar-refractivity contribution in [2.24, 2.45) is 5.92 Å². The molecule has 40 heavy (non-hydrogen) atoms. The molecule has 0 fully saturated rings. The molecular weight excluding hydrogens is 521 g/mol. The normalized spacial score (nSPS) is 16.1. The predicted octanol–water partition coefficient (Wildman–Crippen LogP) is 6.55. The second-order valence-corrected chi connectivity index (χ2v) is 10.2. The molecule has 3 atom stereocenters. The van der Waals surface area contributed by atoms with Gasteiger partial charge in [0.15, 0.2) is 5.82 Å². The lowest BCUT2D eigenvalue weighted by atomic mass is 9.95. The summed E-state index contributed by atoms with van der Waals surface area (Å²) in [7, 11) is 0. The van der Waals surface area contributed by atoms with Crippen LogP contribution in [0.25, 0.3) is 32.9 Å². The minimum absolute atomic E-state index is 0.0649. The lowest BCUT2D eigenvalue weighted by molar-refractivity contribution is 0.184. The Bertz CT molecular complexity index is 1640. The fourth-order valence-corrected chi connectivity index (χ4v) is 5.13. The van der Waals surface area contributed by atoms with E-state index in [1.54, 1.807) is 0 Å². The molecule has 0 radical (unpaired) electrons. The first kappa shape index (κ1) is 27.3. The van der Waals surface area contributed by atoms with E-state index >= 15 is 4.39 Å². The monoisotopic (exact) mass is 550 g/mol. The van der Waals surface area contributed by atoms with Crippen LogP contribution < -0.4 is 14.8 Å². The van der Waals surface area contributed by atoms with E-state index < -0.39 is 17.8 Å². The summed E-state index contributed by atoms with van der Waals surface area (Å²) in [4.78, 5) is 13.3. The fraction of sp³-hybridized carbons (Fsp3) is 0.367. The number of hydrogen-bond donors (Lipinski definition) is 2. The summed E-state index contributed by atoms with van der Waals surface area (Å²) in [5.74, 6) is 0.902. The molecule has 1 unspecified atom stereocenters. The number of aromatic nitrogens is 3. The van der Waals surface area contributed by atoms with Gasteiger partial charge in [-0.25, -0.2) is 18.2 Å². The average Bonchev–Trinajstić information content (AvgIpc) is 3.07. The molecule has 1 aliphatic heterocycles. The maximum atomic E-state index is 16.4. The van der Waals surface area contributed by atoms with Gasteiger partial charge in [-0.1, -0.05) is 25.3 Å². The number of pyridine rings is 1. The number of alkyl halides is 1. The third kappa shape index (κ3) is 5.16. The quantitative estimate of drug-likeness (QED) is 0.241. The predicted molar refractivity (Wildman–Crippen MR) is 147 cm³/mol. The number of terminal acetylenes is 1. The van der Waals surface area contributed by atoms with E-state index in [0.717, 1.165) is 12.8 Å².